The first kappa shape index (κ1) is 18.9. The van der Waals surface area contributed by atoms with Gasteiger partial charge in [-0.3, -0.25) is 14.8 Å². The summed E-state index contributed by atoms with van der Waals surface area (Å²) in [6.07, 6.45) is 5.62. The minimum Gasteiger partial charge on any atom is -0.349 e. The number of H-pyrrole nitrogens is 1. The topological polar surface area (TPSA) is 61.0 Å². The summed E-state index contributed by atoms with van der Waals surface area (Å²) in [5, 5.41) is 10.9. The van der Waals surface area contributed by atoms with Crippen LogP contribution in [0.15, 0.2) is 30.3 Å². The van der Waals surface area contributed by atoms with Crippen LogP contribution in [0.4, 0.5) is 0 Å². The Balaban J connectivity index is 1.68. The van der Waals surface area contributed by atoms with Crippen molar-refractivity contribution in [1.29, 1.82) is 0 Å². The molecule has 6 heteroatoms. The quantitative estimate of drug-likeness (QED) is 0.770. The van der Waals surface area contributed by atoms with Gasteiger partial charge in [-0.2, -0.15) is 5.10 Å². The number of aryl methyl sites for hydroxylation is 1. The normalized spacial score (nSPS) is 16.4. The Labute approximate surface area is 160 Å². The molecule has 0 spiro atoms. The van der Waals surface area contributed by atoms with Crippen LogP contribution >= 0.6 is 11.6 Å². The van der Waals surface area contributed by atoms with Gasteiger partial charge in [-0.25, -0.2) is 0 Å². The van der Waals surface area contributed by atoms with Crippen molar-refractivity contribution in [2.45, 2.75) is 45.1 Å². The number of aromatic nitrogens is 2. The fraction of sp³-hybridized carbons (Fsp3) is 0.500. The molecule has 1 unspecified atom stereocenters. The Morgan fingerprint density at radius 3 is 2.69 bits per heavy atom. The molecule has 0 bridgehead atoms. The van der Waals surface area contributed by atoms with Gasteiger partial charge in [0, 0.05) is 17.3 Å². The molecule has 1 saturated heterocycles. The maximum atomic E-state index is 12.5. The molecule has 5 nitrogen and oxygen atoms in total. The zero-order valence-corrected chi connectivity index (χ0v) is 16.1. The molecule has 0 radical (unpaired) electrons. The van der Waals surface area contributed by atoms with Crippen LogP contribution in [0, 0.1) is 0 Å². The molecule has 1 atom stereocenters. The lowest BCUT2D eigenvalue weighted by Gasteiger charge is -2.35. The van der Waals surface area contributed by atoms with Crippen LogP contribution in [0.5, 0.6) is 0 Å². The van der Waals surface area contributed by atoms with Crippen molar-refractivity contribution in [3.05, 3.63) is 52.3 Å². The Morgan fingerprint density at radius 1 is 1.27 bits per heavy atom. The van der Waals surface area contributed by atoms with Crippen LogP contribution < -0.4 is 5.32 Å². The lowest BCUT2D eigenvalue weighted by molar-refractivity contribution is 0.0919. The lowest BCUT2D eigenvalue weighted by Crippen LogP contribution is -2.40. The van der Waals surface area contributed by atoms with E-state index >= 15 is 0 Å². The Hall–Kier alpha value is -1.85. The summed E-state index contributed by atoms with van der Waals surface area (Å²) < 4.78 is 0. The number of benzene rings is 1. The number of nitrogens with one attached hydrogen (secondary N) is 2. The number of carbonyl (C=O) groups excluding carboxylic acids is 1. The molecule has 0 aliphatic carbocycles. The summed E-state index contributed by atoms with van der Waals surface area (Å²) in [5.74, 6) is -0.125. The average Bonchev–Trinajstić information content (AvgIpc) is 3.13. The van der Waals surface area contributed by atoms with E-state index in [1.165, 1.54) is 24.8 Å². The van der Waals surface area contributed by atoms with Crippen LogP contribution in [0.2, 0.25) is 5.02 Å². The van der Waals surface area contributed by atoms with E-state index in [-0.39, 0.29) is 11.9 Å². The predicted octanol–water partition coefficient (Wildman–Crippen LogP) is 3.97. The molecule has 1 aliphatic rings. The average molecular weight is 375 g/mol. The monoisotopic (exact) mass is 374 g/mol. The van der Waals surface area contributed by atoms with Crippen molar-refractivity contribution >= 4 is 17.5 Å². The number of hydrogen-bond donors (Lipinski definition) is 2. The number of carbonyl (C=O) groups is 1. The van der Waals surface area contributed by atoms with E-state index < -0.39 is 0 Å². The molecule has 1 amide bonds. The van der Waals surface area contributed by atoms with Gasteiger partial charge in [-0.15, -0.1) is 0 Å². The lowest BCUT2D eigenvalue weighted by atomic mass is 10.0. The predicted molar refractivity (Wildman–Crippen MR) is 105 cm³/mol. The smallest absolute Gasteiger partial charge is 0.271 e. The van der Waals surface area contributed by atoms with E-state index in [1.807, 2.05) is 18.2 Å². The van der Waals surface area contributed by atoms with E-state index in [1.54, 1.807) is 0 Å². The van der Waals surface area contributed by atoms with Gasteiger partial charge in [-0.05, 0) is 56.1 Å². The molecule has 3 rings (SSSR count). The molecule has 2 heterocycles. The van der Waals surface area contributed by atoms with Gasteiger partial charge in [0.15, 0.2) is 0 Å². The molecule has 2 N–H and O–H groups in total. The van der Waals surface area contributed by atoms with E-state index in [9.17, 15) is 4.79 Å². The maximum Gasteiger partial charge on any atom is 0.271 e. The van der Waals surface area contributed by atoms with Gasteiger partial charge < -0.3 is 5.32 Å². The van der Waals surface area contributed by atoms with E-state index in [0.29, 0.717) is 12.2 Å². The molecule has 1 aromatic carbocycles. The molecule has 1 aliphatic heterocycles. The number of aromatic amines is 1. The Bertz CT molecular complexity index is 707. The van der Waals surface area contributed by atoms with Crippen LogP contribution in [0.3, 0.4) is 0 Å². The number of rotatable bonds is 7. The van der Waals surface area contributed by atoms with Gasteiger partial charge in [0.25, 0.3) is 5.91 Å². The van der Waals surface area contributed by atoms with Crippen molar-refractivity contribution < 1.29 is 4.79 Å². The molecule has 2 aromatic rings. The molecule has 140 valence electrons. The maximum absolute atomic E-state index is 12.5. The second kappa shape index (κ2) is 9.19. The number of piperidine rings is 1. The van der Waals surface area contributed by atoms with E-state index in [0.717, 1.165) is 36.6 Å². The second-order valence-corrected chi connectivity index (χ2v) is 7.34. The summed E-state index contributed by atoms with van der Waals surface area (Å²) in [4.78, 5) is 15.0. The fourth-order valence-electron chi connectivity index (χ4n) is 3.53. The largest absolute Gasteiger partial charge is 0.349 e. The van der Waals surface area contributed by atoms with Crippen LogP contribution in [-0.2, 0) is 6.42 Å². The van der Waals surface area contributed by atoms with Gasteiger partial charge >= 0.3 is 0 Å². The molecule has 0 saturated carbocycles. The van der Waals surface area contributed by atoms with Crippen LogP contribution in [-0.4, -0.2) is 40.6 Å². The minimum atomic E-state index is -0.125. The van der Waals surface area contributed by atoms with Gasteiger partial charge in [0.2, 0.25) is 0 Å². The van der Waals surface area contributed by atoms with E-state index in [2.05, 4.69) is 39.5 Å². The summed E-state index contributed by atoms with van der Waals surface area (Å²) in [6, 6.07) is 9.95. The third-order valence-corrected chi connectivity index (χ3v) is 5.18. The number of nitrogens with zero attached hydrogens (tertiary/aromatic N) is 2. The number of likely N-dealkylation sites (tertiary alicyclic amines) is 1. The van der Waals surface area contributed by atoms with Crippen molar-refractivity contribution in [1.82, 2.24) is 20.4 Å². The Kier molecular flexibility index (Phi) is 6.69. The fourth-order valence-corrected chi connectivity index (χ4v) is 3.65. The highest BCUT2D eigenvalue weighted by atomic mass is 35.5. The summed E-state index contributed by atoms with van der Waals surface area (Å²) >= 11 is 6.04. The summed E-state index contributed by atoms with van der Waals surface area (Å²) in [6.45, 7) is 4.80. The number of amides is 1. The molecular formula is C20H27ClN4O. The van der Waals surface area contributed by atoms with Crippen molar-refractivity contribution in [3.63, 3.8) is 0 Å². The molecule has 1 aromatic heterocycles. The van der Waals surface area contributed by atoms with Gasteiger partial charge in [0.05, 0.1) is 6.04 Å². The van der Waals surface area contributed by atoms with Gasteiger partial charge in [0.1, 0.15) is 5.69 Å². The highest BCUT2D eigenvalue weighted by Crippen LogP contribution is 2.25. The second-order valence-electron chi connectivity index (χ2n) is 6.90. The van der Waals surface area contributed by atoms with Crippen molar-refractivity contribution in [2.24, 2.45) is 0 Å². The zero-order chi connectivity index (χ0) is 18.4. The SMILES string of the molecule is CCCc1cc(C(=O)NCC(c2ccc(Cl)cc2)N2CCCCC2)n[nH]1. The molecular weight excluding hydrogens is 348 g/mol. The zero-order valence-electron chi connectivity index (χ0n) is 15.3. The first-order valence-electron chi connectivity index (χ1n) is 9.49. The standard InChI is InChI=1S/C20H27ClN4O/c1-2-6-17-13-18(24-23-17)20(26)22-14-19(25-11-4-3-5-12-25)15-7-9-16(21)10-8-15/h7-10,13,19H,2-6,11-12,14H2,1H3,(H,22,26)(H,23,24). The first-order chi connectivity index (χ1) is 12.7. The van der Waals surface area contributed by atoms with Gasteiger partial charge in [-0.1, -0.05) is 43.5 Å². The summed E-state index contributed by atoms with van der Waals surface area (Å²) in [5.41, 5.74) is 2.65. The van der Waals surface area contributed by atoms with Crippen LogP contribution in [0.1, 0.15) is 60.4 Å². The minimum absolute atomic E-state index is 0.125. The molecule has 1 fully saturated rings. The highest BCUT2D eigenvalue weighted by molar-refractivity contribution is 6.30. The van der Waals surface area contributed by atoms with Crippen molar-refractivity contribution in [2.75, 3.05) is 19.6 Å². The van der Waals surface area contributed by atoms with Crippen molar-refractivity contribution in [3.8, 4) is 0 Å². The van der Waals surface area contributed by atoms with E-state index in [4.69, 9.17) is 11.6 Å². The summed E-state index contributed by atoms with van der Waals surface area (Å²) in [7, 11) is 0. The molecule has 26 heavy (non-hydrogen) atoms. The highest BCUT2D eigenvalue weighted by Gasteiger charge is 2.23. The number of hydrogen-bond acceptors (Lipinski definition) is 3. The third-order valence-electron chi connectivity index (χ3n) is 4.93. The first-order valence-corrected chi connectivity index (χ1v) is 9.87. The Morgan fingerprint density at radius 2 is 2.00 bits per heavy atom. The third kappa shape index (κ3) is 4.86. The number of halogens is 1. The van der Waals surface area contributed by atoms with Crippen LogP contribution in [0.25, 0.3) is 0 Å².